The van der Waals surface area contributed by atoms with Crippen molar-refractivity contribution in [3.05, 3.63) is 66.4 Å². The highest BCUT2D eigenvalue weighted by atomic mass is 16.5. The van der Waals surface area contributed by atoms with Gasteiger partial charge in [-0.1, -0.05) is 30.3 Å². The maximum atomic E-state index is 12.8. The van der Waals surface area contributed by atoms with Crippen LogP contribution in [-0.4, -0.2) is 18.0 Å². The second-order valence-corrected chi connectivity index (χ2v) is 6.43. The molecule has 1 heterocycles. The molecule has 0 spiro atoms. The summed E-state index contributed by atoms with van der Waals surface area (Å²) in [5, 5.41) is 4.11. The summed E-state index contributed by atoms with van der Waals surface area (Å²) in [5.74, 6) is 1.19. The molecule has 0 saturated heterocycles. The largest absolute Gasteiger partial charge is 0.497 e. The minimum Gasteiger partial charge on any atom is -0.497 e. The fourth-order valence-corrected chi connectivity index (χ4v) is 3.49. The van der Waals surface area contributed by atoms with Gasteiger partial charge in [-0.15, -0.1) is 0 Å². The molecule has 0 aliphatic heterocycles. The van der Waals surface area contributed by atoms with Crippen LogP contribution in [-0.2, 0) is 4.79 Å². The average molecular weight is 332 g/mol. The predicted molar refractivity (Wildman–Crippen MR) is 98.8 cm³/mol. The van der Waals surface area contributed by atoms with E-state index < -0.39 is 0 Å². The van der Waals surface area contributed by atoms with Gasteiger partial charge in [0.25, 0.3) is 0 Å². The minimum atomic E-state index is 0.00682. The number of pyridine rings is 1. The minimum absolute atomic E-state index is 0.00682. The molecule has 3 aromatic rings. The van der Waals surface area contributed by atoms with Crippen molar-refractivity contribution in [2.75, 3.05) is 12.4 Å². The molecule has 1 aliphatic rings. The van der Waals surface area contributed by atoms with E-state index in [1.54, 1.807) is 13.3 Å². The molecular formula is C21H20N2O2. The summed E-state index contributed by atoms with van der Waals surface area (Å²) in [4.78, 5) is 17.2. The lowest BCUT2D eigenvalue weighted by Crippen LogP contribution is -2.35. The number of ether oxygens (including phenoxy) is 1. The third kappa shape index (κ3) is 2.95. The zero-order valence-corrected chi connectivity index (χ0v) is 14.1. The first-order valence-corrected chi connectivity index (χ1v) is 8.55. The number of amides is 1. The molecule has 1 amide bonds. The molecule has 126 valence electrons. The number of hydrogen-bond donors (Lipinski definition) is 1. The van der Waals surface area contributed by atoms with Crippen molar-refractivity contribution < 1.29 is 9.53 Å². The summed E-state index contributed by atoms with van der Waals surface area (Å²) >= 11 is 0. The molecule has 1 saturated carbocycles. The summed E-state index contributed by atoms with van der Waals surface area (Å²) < 4.78 is 5.21. The highest BCUT2D eigenvalue weighted by Crippen LogP contribution is 2.43. The Morgan fingerprint density at radius 1 is 1.08 bits per heavy atom. The fraction of sp³-hybridized carbons (Fsp3) is 0.238. The molecule has 4 rings (SSSR count). The van der Waals surface area contributed by atoms with Crippen LogP contribution in [0.15, 0.2) is 60.8 Å². The Labute approximate surface area is 146 Å². The first-order valence-electron chi connectivity index (χ1n) is 8.55. The summed E-state index contributed by atoms with van der Waals surface area (Å²) in [7, 11) is 1.66. The number of nitrogens with zero attached hydrogens (tertiary/aromatic N) is 1. The van der Waals surface area contributed by atoms with Crippen molar-refractivity contribution in [3.8, 4) is 5.75 Å². The van der Waals surface area contributed by atoms with Gasteiger partial charge in [-0.3, -0.25) is 9.78 Å². The number of hydrogen-bond acceptors (Lipinski definition) is 3. The van der Waals surface area contributed by atoms with Crippen LogP contribution in [0.2, 0.25) is 0 Å². The molecular weight excluding hydrogens is 312 g/mol. The van der Waals surface area contributed by atoms with Crippen LogP contribution < -0.4 is 10.1 Å². The number of rotatable bonds is 4. The molecule has 1 aliphatic carbocycles. The Morgan fingerprint density at radius 2 is 1.88 bits per heavy atom. The van der Waals surface area contributed by atoms with Crippen molar-refractivity contribution in [2.24, 2.45) is 5.92 Å². The van der Waals surface area contributed by atoms with Crippen LogP contribution >= 0.6 is 0 Å². The van der Waals surface area contributed by atoms with Gasteiger partial charge in [0.1, 0.15) is 5.75 Å². The maximum Gasteiger partial charge on any atom is 0.228 e. The van der Waals surface area contributed by atoms with Crippen molar-refractivity contribution in [3.63, 3.8) is 0 Å². The van der Waals surface area contributed by atoms with Gasteiger partial charge < -0.3 is 10.1 Å². The Balaban J connectivity index is 1.52. The molecule has 25 heavy (non-hydrogen) atoms. The van der Waals surface area contributed by atoms with E-state index in [-0.39, 0.29) is 17.7 Å². The van der Waals surface area contributed by atoms with E-state index in [1.165, 1.54) is 5.56 Å². The summed E-state index contributed by atoms with van der Waals surface area (Å²) in [6.07, 6.45) is 3.71. The van der Waals surface area contributed by atoms with Crippen molar-refractivity contribution in [1.82, 2.24) is 4.98 Å². The maximum absolute atomic E-state index is 12.8. The SMILES string of the molecule is COc1ccc([C@H]2CC[C@H]2C(=O)Nc2cccc3cccnc23)cc1. The molecule has 1 N–H and O–H groups in total. The van der Waals surface area contributed by atoms with Crippen LogP contribution in [0.25, 0.3) is 10.9 Å². The molecule has 2 atom stereocenters. The topological polar surface area (TPSA) is 51.2 Å². The second-order valence-electron chi connectivity index (χ2n) is 6.43. The number of nitrogens with one attached hydrogen (secondary N) is 1. The van der Waals surface area contributed by atoms with E-state index in [2.05, 4.69) is 22.4 Å². The highest BCUT2D eigenvalue weighted by molar-refractivity contribution is 6.01. The standard InChI is InChI=1S/C21H20N2O2/c1-25-16-9-7-14(8-10-16)17-11-12-18(17)21(24)23-19-6-2-4-15-5-3-13-22-20(15)19/h2-10,13,17-18H,11-12H2,1H3,(H,23,24)/t17-,18-/m1/s1. The van der Waals surface area contributed by atoms with Crippen molar-refractivity contribution in [1.29, 1.82) is 0 Å². The fourth-order valence-electron chi connectivity index (χ4n) is 3.49. The molecule has 4 heteroatoms. The first-order chi connectivity index (χ1) is 12.3. The lowest BCUT2D eigenvalue weighted by atomic mass is 9.69. The number of para-hydroxylation sites is 1. The Morgan fingerprint density at radius 3 is 2.60 bits per heavy atom. The summed E-state index contributed by atoms with van der Waals surface area (Å²) in [6.45, 7) is 0. The molecule has 0 unspecified atom stereocenters. The van der Waals surface area contributed by atoms with Gasteiger partial charge in [0, 0.05) is 17.5 Å². The smallest absolute Gasteiger partial charge is 0.228 e. The zero-order chi connectivity index (χ0) is 17.2. The van der Waals surface area contributed by atoms with Gasteiger partial charge in [-0.05, 0) is 48.6 Å². The molecule has 0 radical (unpaired) electrons. The van der Waals surface area contributed by atoms with Crippen LogP contribution in [0.3, 0.4) is 0 Å². The number of methoxy groups -OCH3 is 1. The normalized spacial score (nSPS) is 19.2. The van der Waals surface area contributed by atoms with Crippen LogP contribution in [0.4, 0.5) is 5.69 Å². The van der Waals surface area contributed by atoms with Crippen LogP contribution in [0.1, 0.15) is 24.3 Å². The Kier molecular flexibility index (Phi) is 4.10. The van der Waals surface area contributed by atoms with E-state index >= 15 is 0 Å². The van der Waals surface area contributed by atoms with E-state index in [4.69, 9.17) is 4.74 Å². The van der Waals surface area contributed by atoms with Gasteiger partial charge in [0.15, 0.2) is 0 Å². The van der Waals surface area contributed by atoms with Crippen molar-refractivity contribution >= 4 is 22.5 Å². The van der Waals surface area contributed by atoms with Gasteiger partial charge >= 0.3 is 0 Å². The molecule has 4 nitrogen and oxygen atoms in total. The number of fused-ring (bicyclic) bond motifs is 1. The monoisotopic (exact) mass is 332 g/mol. The zero-order valence-electron chi connectivity index (χ0n) is 14.1. The molecule has 1 aromatic heterocycles. The van der Waals surface area contributed by atoms with Gasteiger partial charge in [0.2, 0.25) is 5.91 Å². The van der Waals surface area contributed by atoms with E-state index in [9.17, 15) is 4.79 Å². The third-order valence-corrected chi connectivity index (χ3v) is 5.05. The predicted octanol–water partition coefficient (Wildman–Crippen LogP) is 4.38. The molecule has 0 bridgehead atoms. The Bertz CT molecular complexity index is 900. The number of benzene rings is 2. The van der Waals surface area contributed by atoms with Gasteiger partial charge in [-0.25, -0.2) is 0 Å². The lowest BCUT2D eigenvalue weighted by Gasteiger charge is -2.36. The number of aromatic nitrogens is 1. The van der Waals surface area contributed by atoms with E-state index in [0.29, 0.717) is 0 Å². The van der Waals surface area contributed by atoms with Crippen LogP contribution in [0.5, 0.6) is 5.75 Å². The van der Waals surface area contributed by atoms with E-state index in [0.717, 1.165) is 35.2 Å². The van der Waals surface area contributed by atoms with Gasteiger partial charge in [0.05, 0.1) is 18.3 Å². The van der Waals surface area contributed by atoms with Gasteiger partial charge in [-0.2, -0.15) is 0 Å². The number of carbonyl (C=O) groups excluding carboxylic acids is 1. The lowest BCUT2D eigenvalue weighted by molar-refractivity contribution is -0.123. The first kappa shape index (κ1) is 15.6. The number of anilines is 1. The quantitative estimate of drug-likeness (QED) is 0.771. The third-order valence-electron chi connectivity index (χ3n) is 5.05. The molecule has 2 aromatic carbocycles. The average Bonchev–Trinajstić information content (AvgIpc) is 2.62. The van der Waals surface area contributed by atoms with Crippen LogP contribution in [0, 0.1) is 5.92 Å². The Hall–Kier alpha value is -2.88. The molecule has 1 fully saturated rings. The van der Waals surface area contributed by atoms with Crippen molar-refractivity contribution in [2.45, 2.75) is 18.8 Å². The second kappa shape index (κ2) is 6.55. The highest BCUT2D eigenvalue weighted by Gasteiger charge is 2.37. The van der Waals surface area contributed by atoms with E-state index in [1.807, 2.05) is 42.5 Å². The summed E-state index contributed by atoms with van der Waals surface area (Å²) in [5.41, 5.74) is 2.81. The summed E-state index contributed by atoms with van der Waals surface area (Å²) in [6, 6.07) is 17.8. The number of carbonyl (C=O) groups is 1.